The van der Waals surface area contributed by atoms with E-state index < -0.39 is 11.7 Å². The summed E-state index contributed by atoms with van der Waals surface area (Å²) in [4.78, 5) is 14.2. The molecule has 3 aromatic rings. The van der Waals surface area contributed by atoms with Crippen LogP contribution in [0.4, 0.5) is 24.5 Å². The minimum absolute atomic E-state index is 0.270. The van der Waals surface area contributed by atoms with Gasteiger partial charge in [0.2, 0.25) is 0 Å². The Balaban J connectivity index is 1.58. The summed E-state index contributed by atoms with van der Waals surface area (Å²) < 4.78 is 41.6. The Kier molecular flexibility index (Phi) is 5.25. The number of hydrogen-bond donors (Lipinski definition) is 1. The standard InChI is InChI=1S/C28H22F3N5/c1-17-6-9-20(16-32-17)34-23-14-25-27(15-24(23)33-19-10-11-19)36(26-5-3-2-4-22(26)35-25)21-12-7-18(8-13-21)28(29,30)31/h2-9,12-16,19,34H,10-11H2,1H3. The number of benzene rings is 3. The number of halogens is 3. The van der Waals surface area contributed by atoms with E-state index in [2.05, 4.69) is 10.3 Å². The van der Waals surface area contributed by atoms with Gasteiger partial charge in [-0.05, 0) is 80.4 Å². The van der Waals surface area contributed by atoms with Crippen LogP contribution in [-0.4, -0.2) is 20.6 Å². The van der Waals surface area contributed by atoms with E-state index in [0.717, 1.165) is 64.1 Å². The van der Waals surface area contributed by atoms with Gasteiger partial charge in [-0.1, -0.05) is 12.1 Å². The number of nitrogens with zero attached hydrogens (tertiary/aromatic N) is 4. The zero-order valence-electron chi connectivity index (χ0n) is 19.4. The second-order valence-corrected chi connectivity index (χ2v) is 9.01. The zero-order chi connectivity index (χ0) is 24.9. The molecule has 0 amide bonds. The molecular weight excluding hydrogens is 463 g/mol. The van der Waals surface area contributed by atoms with Crippen LogP contribution in [0.1, 0.15) is 24.1 Å². The van der Waals surface area contributed by atoms with Crippen molar-refractivity contribution in [2.45, 2.75) is 32.0 Å². The lowest BCUT2D eigenvalue weighted by Crippen LogP contribution is -2.16. The van der Waals surface area contributed by atoms with E-state index in [1.807, 2.05) is 60.0 Å². The SMILES string of the molecule is Cc1ccc(Nc2cc3nc4ccccc4n(-c4ccc(C(F)(F)F)cc4)c-3cc2=NC2CC2)cn1. The third kappa shape index (κ3) is 4.30. The lowest BCUT2D eigenvalue weighted by molar-refractivity contribution is -0.137. The van der Waals surface area contributed by atoms with Crippen LogP contribution in [0.25, 0.3) is 28.1 Å². The van der Waals surface area contributed by atoms with Crippen molar-refractivity contribution in [3.63, 3.8) is 0 Å². The van der Waals surface area contributed by atoms with Crippen molar-refractivity contribution in [2.24, 2.45) is 4.99 Å². The number of pyridine rings is 1. The van der Waals surface area contributed by atoms with E-state index in [-0.39, 0.29) is 6.04 Å². The van der Waals surface area contributed by atoms with Crippen molar-refractivity contribution in [1.29, 1.82) is 0 Å². The monoisotopic (exact) mass is 485 g/mol. The highest BCUT2D eigenvalue weighted by atomic mass is 19.4. The van der Waals surface area contributed by atoms with E-state index in [1.165, 1.54) is 12.1 Å². The number of anilines is 2. The molecule has 36 heavy (non-hydrogen) atoms. The maximum atomic E-state index is 13.2. The topological polar surface area (TPSA) is 55.1 Å². The Morgan fingerprint density at radius 1 is 0.972 bits per heavy atom. The van der Waals surface area contributed by atoms with E-state index >= 15 is 0 Å². The molecule has 2 heterocycles. The third-order valence-corrected chi connectivity index (χ3v) is 6.21. The molecule has 1 aliphatic heterocycles. The van der Waals surface area contributed by atoms with Crippen molar-refractivity contribution in [3.05, 3.63) is 95.6 Å². The summed E-state index contributed by atoms with van der Waals surface area (Å²) >= 11 is 0. The molecule has 3 aliphatic rings. The molecule has 0 spiro atoms. The van der Waals surface area contributed by atoms with Crippen molar-refractivity contribution in [3.8, 4) is 17.1 Å². The van der Waals surface area contributed by atoms with Crippen LogP contribution in [0.3, 0.4) is 0 Å². The Bertz CT molecular complexity index is 1600. The summed E-state index contributed by atoms with van der Waals surface area (Å²) in [5.41, 5.74) is 5.50. The molecule has 0 atom stereocenters. The zero-order valence-corrected chi connectivity index (χ0v) is 19.4. The number of aromatic nitrogens is 3. The second kappa shape index (κ2) is 8.48. The molecule has 1 aromatic heterocycles. The Morgan fingerprint density at radius 3 is 2.44 bits per heavy atom. The molecule has 0 saturated heterocycles. The first-order valence-corrected chi connectivity index (χ1v) is 11.7. The summed E-state index contributed by atoms with van der Waals surface area (Å²) in [7, 11) is 0. The van der Waals surface area contributed by atoms with E-state index in [4.69, 9.17) is 9.98 Å². The van der Waals surface area contributed by atoms with Crippen LogP contribution in [0.15, 0.2) is 84.0 Å². The van der Waals surface area contributed by atoms with Gasteiger partial charge in [0.05, 0.1) is 57.0 Å². The van der Waals surface area contributed by atoms with Gasteiger partial charge in [-0.3, -0.25) is 9.98 Å². The summed E-state index contributed by atoms with van der Waals surface area (Å²) in [6.07, 6.45) is -0.541. The average molecular weight is 486 g/mol. The van der Waals surface area contributed by atoms with Gasteiger partial charge in [-0.25, -0.2) is 4.98 Å². The fourth-order valence-electron chi connectivity index (χ4n) is 4.22. The van der Waals surface area contributed by atoms with Gasteiger partial charge in [-0.2, -0.15) is 13.2 Å². The normalized spacial score (nSPS) is 14.5. The van der Waals surface area contributed by atoms with Crippen LogP contribution in [0.2, 0.25) is 0 Å². The summed E-state index contributed by atoms with van der Waals surface area (Å²) in [6, 6.07) is 20.9. The molecular formula is C28H22F3N5. The molecule has 1 fully saturated rings. The number of para-hydroxylation sites is 2. The van der Waals surface area contributed by atoms with Crippen molar-refractivity contribution < 1.29 is 13.2 Å². The van der Waals surface area contributed by atoms with Gasteiger partial charge in [0.1, 0.15) is 0 Å². The van der Waals surface area contributed by atoms with Gasteiger partial charge in [-0.15, -0.1) is 0 Å². The van der Waals surface area contributed by atoms with Crippen molar-refractivity contribution in [1.82, 2.24) is 14.5 Å². The number of rotatable bonds is 4. The molecule has 180 valence electrons. The molecule has 5 nitrogen and oxygen atoms in total. The number of nitrogens with one attached hydrogen (secondary N) is 1. The molecule has 2 aromatic carbocycles. The highest BCUT2D eigenvalue weighted by molar-refractivity contribution is 5.84. The summed E-state index contributed by atoms with van der Waals surface area (Å²) in [5, 5.41) is 4.21. The highest BCUT2D eigenvalue weighted by Crippen LogP contribution is 2.33. The molecule has 2 aliphatic carbocycles. The molecule has 0 unspecified atom stereocenters. The molecule has 0 radical (unpaired) electrons. The first-order valence-electron chi connectivity index (χ1n) is 11.7. The molecule has 1 N–H and O–H groups in total. The average Bonchev–Trinajstić information content (AvgIpc) is 3.68. The number of fused-ring (bicyclic) bond motifs is 2. The van der Waals surface area contributed by atoms with Crippen LogP contribution in [0.5, 0.6) is 0 Å². The smallest absolute Gasteiger partial charge is 0.352 e. The first-order chi connectivity index (χ1) is 17.3. The Labute approximate surface area is 205 Å². The highest BCUT2D eigenvalue weighted by Gasteiger charge is 2.30. The largest absolute Gasteiger partial charge is 0.416 e. The van der Waals surface area contributed by atoms with Crippen molar-refractivity contribution in [2.75, 3.05) is 5.32 Å². The molecule has 1 saturated carbocycles. The van der Waals surface area contributed by atoms with Gasteiger partial charge < -0.3 is 9.88 Å². The fraction of sp³-hybridized carbons (Fsp3) is 0.179. The van der Waals surface area contributed by atoms with Gasteiger partial charge >= 0.3 is 6.18 Å². The molecule has 6 rings (SSSR count). The quantitative estimate of drug-likeness (QED) is 0.290. The maximum absolute atomic E-state index is 13.2. The Morgan fingerprint density at radius 2 is 1.75 bits per heavy atom. The number of aryl methyl sites for hydroxylation is 1. The van der Waals surface area contributed by atoms with Gasteiger partial charge in [0.25, 0.3) is 0 Å². The third-order valence-electron chi connectivity index (χ3n) is 6.21. The predicted octanol–water partition coefficient (Wildman–Crippen LogP) is 6.66. The maximum Gasteiger partial charge on any atom is 0.416 e. The first kappa shape index (κ1) is 22.3. The number of alkyl halides is 3. The summed E-state index contributed by atoms with van der Waals surface area (Å²) in [6.45, 7) is 1.93. The van der Waals surface area contributed by atoms with Crippen LogP contribution in [0, 0.1) is 6.92 Å². The van der Waals surface area contributed by atoms with Gasteiger partial charge in [0.15, 0.2) is 0 Å². The predicted molar refractivity (Wildman–Crippen MR) is 134 cm³/mol. The van der Waals surface area contributed by atoms with E-state index in [1.54, 1.807) is 6.20 Å². The number of hydrogen-bond acceptors (Lipinski definition) is 4. The molecule has 8 heteroatoms. The molecule has 0 bridgehead atoms. The van der Waals surface area contributed by atoms with Crippen LogP contribution in [-0.2, 0) is 6.18 Å². The van der Waals surface area contributed by atoms with Gasteiger partial charge in [0, 0.05) is 11.4 Å². The fourth-order valence-corrected chi connectivity index (χ4v) is 4.22. The lowest BCUT2D eigenvalue weighted by Gasteiger charge is -2.20. The van der Waals surface area contributed by atoms with Crippen LogP contribution >= 0.6 is 0 Å². The van der Waals surface area contributed by atoms with E-state index in [9.17, 15) is 13.2 Å². The van der Waals surface area contributed by atoms with Crippen LogP contribution < -0.4 is 10.7 Å². The lowest BCUT2D eigenvalue weighted by atomic mass is 10.1. The minimum atomic E-state index is -4.40. The minimum Gasteiger partial charge on any atom is -0.352 e. The second-order valence-electron chi connectivity index (χ2n) is 9.01. The van der Waals surface area contributed by atoms with Crippen molar-refractivity contribution >= 4 is 22.4 Å². The summed E-state index contributed by atoms with van der Waals surface area (Å²) in [5.74, 6) is 0. The Hall–Kier alpha value is -4.20. The van der Waals surface area contributed by atoms with E-state index in [0.29, 0.717) is 11.4 Å².